The molecular formula is C9H3N9O18. The highest BCUT2D eigenvalue weighted by atomic mass is 16.8. The summed E-state index contributed by atoms with van der Waals surface area (Å²) in [6.07, 6.45) is 0. The molecule has 0 N–H and O–H groups in total. The molecule has 0 saturated heterocycles. The van der Waals surface area contributed by atoms with Crippen molar-refractivity contribution < 1.29 is 44.3 Å². The molecule has 0 aliphatic rings. The molecule has 192 valence electrons. The topological polar surface area (TPSA) is 388 Å². The molecule has 1 aromatic carbocycles. The van der Waals surface area contributed by atoms with Crippen LogP contribution in [0.15, 0.2) is 18.2 Å². The predicted octanol–water partition coefficient (Wildman–Crippen LogP) is -1.49. The smallest absolute Gasteiger partial charge is 0.252 e. The van der Waals surface area contributed by atoms with Crippen molar-refractivity contribution in [1.82, 2.24) is 0 Å². The van der Waals surface area contributed by atoms with Gasteiger partial charge in [0.25, 0.3) is 0 Å². The second-order valence-electron chi connectivity index (χ2n) is 5.95. The fourth-order valence-electron chi connectivity index (χ4n) is 2.94. The second-order valence-corrected chi connectivity index (χ2v) is 5.95. The minimum atomic E-state index is -5.56. The molecule has 27 nitrogen and oxygen atoms in total. The van der Waals surface area contributed by atoms with Crippen molar-refractivity contribution >= 4 is 0 Å². The Hall–Kier alpha value is -6.18. The van der Waals surface area contributed by atoms with Crippen LogP contribution < -0.4 is 0 Å². The molecule has 0 aliphatic carbocycles. The summed E-state index contributed by atoms with van der Waals surface area (Å²) >= 11 is 0. The zero-order chi connectivity index (χ0) is 28.5. The Labute approximate surface area is 188 Å². The van der Waals surface area contributed by atoms with Crippen molar-refractivity contribution in [1.29, 1.82) is 0 Å². The third-order valence-electron chi connectivity index (χ3n) is 4.41. The molecule has 1 rings (SSSR count). The van der Waals surface area contributed by atoms with E-state index in [-0.39, 0.29) is 18.2 Å². The Kier molecular flexibility index (Phi) is 6.68. The van der Waals surface area contributed by atoms with E-state index in [2.05, 4.69) is 0 Å². The zero-order valence-corrected chi connectivity index (χ0v) is 16.1. The van der Waals surface area contributed by atoms with E-state index in [9.17, 15) is 91.0 Å². The summed E-state index contributed by atoms with van der Waals surface area (Å²) in [6.45, 7) is 0. The Morgan fingerprint density at radius 1 is 0.389 bits per heavy atom. The Balaban J connectivity index is 4.99. The molecule has 0 unspecified atom stereocenters. The highest BCUT2D eigenvalue weighted by Gasteiger charge is 2.87. The summed E-state index contributed by atoms with van der Waals surface area (Å²) in [5.74, 6) is -16.2. The van der Waals surface area contributed by atoms with Gasteiger partial charge in [-0.15, -0.1) is 0 Å². The molecule has 0 aliphatic heterocycles. The van der Waals surface area contributed by atoms with Crippen molar-refractivity contribution in [3.05, 3.63) is 126 Å². The third-order valence-corrected chi connectivity index (χ3v) is 4.41. The first-order valence-corrected chi connectivity index (χ1v) is 7.79. The lowest BCUT2D eigenvalue weighted by molar-refractivity contribution is -0.999. The van der Waals surface area contributed by atoms with Gasteiger partial charge in [-0.25, -0.2) is 0 Å². The largest absolute Gasteiger partial charge is 0.730 e. The van der Waals surface area contributed by atoms with Crippen LogP contribution in [0.2, 0.25) is 0 Å². The molecule has 0 aromatic heterocycles. The molecule has 0 atom stereocenters. The van der Waals surface area contributed by atoms with Gasteiger partial charge in [0.15, 0.2) is 44.3 Å². The number of benzene rings is 1. The average molecular weight is 525 g/mol. The first-order chi connectivity index (χ1) is 16.3. The van der Waals surface area contributed by atoms with E-state index in [4.69, 9.17) is 0 Å². The van der Waals surface area contributed by atoms with Crippen molar-refractivity contribution in [3.63, 3.8) is 0 Å². The second kappa shape index (κ2) is 8.64. The van der Waals surface area contributed by atoms with Crippen molar-refractivity contribution in [2.75, 3.05) is 0 Å². The van der Waals surface area contributed by atoms with E-state index >= 15 is 0 Å². The molecule has 0 heterocycles. The van der Waals surface area contributed by atoms with Gasteiger partial charge in [-0.3, -0.25) is 91.0 Å². The molecule has 0 radical (unpaired) electrons. The molecule has 27 heteroatoms. The molecule has 0 spiro atoms. The lowest BCUT2D eigenvalue weighted by atomic mass is 9.88. The maximum absolute atomic E-state index is 11.6. The van der Waals surface area contributed by atoms with E-state index in [1.165, 1.54) is 0 Å². The van der Waals surface area contributed by atoms with Crippen molar-refractivity contribution in [2.45, 2.75) is 17.4 Å². The summed E-state index contributed by atoms with van der Waals surface area (Å²) in [5.41, 5.74) is -8.39. The van der Waals surface area contributed by atoms with Crippen LogP contribution in [0.4, 0.5) is 0 Å². The fraction of sp³-hybridized carbons (Fsp3) is 0.333. The lowest BCUT2D eigenvalue weighted by Crippen LogP contribution is -2.59. The SMILES string of the molecule is O=[N+]([O-])C(c1cccc(C([N+](=O)[O-])([N+](=O)[O-])[N+](=O)[O-])c1C([N+](=O)[O-])([N+](=O)[O-])[N+](=O)[O-])([N+](=O)[O-])[N+](=O)[O-]. The standard InChI is InChI=1S/C9H3N9O18/c19-10(20)7(11(21)22,12(23)24)4-2-1-3-5(8(13(25)26,14(27)28)15(29)30)6(4)9(16(31)32,17(33)34)18(35)36/h1-3H. The van der Waals surface area contributed by atoms with Crippen LogP contribution in [-0.2, 0) is 17.4 Å². The van der Waals surface area contributed by atoms with Crippen molar-refractivity contribution in [3.8, 4) is 0 Å². The molecular weight excluding hydrogens is 522 g/mol. The van der Waals surface area contributed by atoms with Crippen LogP contribution in [0, 0.1) is 91.0 Å². The van der Waals surface area contributed by atoms with Gasteiger partial charge in [-0.05, 0) is 12.1 Å². The molecule has 36 heavy (non-hydrogen) atoms. The summed E-state index contributed by atoms with van der Waals surface area (Å²) in [4.78, 5) is 80.5. The van der Waals surface area contributed by atoms with Crippen LogP contribution in [0.1, 0.15) is 16.7 Å². The summed E-state index contributed by atoms with van der Waals surface area (Å²) in [5, 5.41) is 104. The van der Waals surface area contributed by atoms with Gasteiger partial charge in [-0.2, -0.15) is 0 Å². The predicted molar refractivity (Wildman–Crippen MR) is 94.4 cm³/mol. The first kappa shape index (κ1) is 27.9. The van der Waals surface area contributed by atoms with Gasteiger partial charge >= 0.3 is 17.4 Å². The van der Waals surface area contributed by atoms with E-state index in [1.807, 2.05) is 0 Å². The van der Waals surface area contributed by atoms with Crippen LogP contribution >= 0.6 is 0 Å². The quantitative estimate of drug-likeness (QED) is 0.170. The first-order valence-electron chi connectivity index (χ1n) is 7.79. The highest BCUT2D eigenvalue weighted by molar-refractivity contribution is 5.41. The molecule has 0 bridgehead atoms. The number of nitro groups is 9. The third kappa shape index (κ3) is 3.14. The average Bonchev–Trinajstić information content (AvgIpc) is 2.68. The van der Waals surface area contributed by atoms with Crippen molar-refractivity contribution in [2.24, 2.45) is 0 Å². The lowest BCUT2D eigenvalue weighted by Gasteiger charge is -2.17. The Bertz CT molecular complexity index is 1090. The summed E-state index contributed by atoms with van der Waals surface area (Å²) < 4.78 is 0. The van der Waals surface area contributed by atoms with Gasteiger partial charge in [0.2, 0.25) is 16.7 Å². The number of nitrogens with zero attached hydrogens (tertiary/aromatic N) is 9. The Morgan fingerprint density at radius 2 is 0.583 bits per heavy atom. The van der Waals surface area contributed by atoms with Crippen LogP contribution in [-0.4, -0.2) is 44.3 Å². The molecule has 0 amide bonds. The minimum Gasteiger partial charge on any atom is -0.252 e. The fourth-order valence-corrected chi connectivity index (χ4v) is 2.94. The van der Waals surface area contributed by atoms with Crippen LogP contribution in [0.3, 0.4) is 0 Å². The summed E-state index contributed by atoms with van der Waals surface area (Å²) in [7, 11) is 0. The van der Waals surface area contributed by atoms with E-state index in [1.54, 1.807) is 0 Å². The van der Waals surface area contributed by atoms with E-state index in [0.717, 1.165) is 0 Å². The Morgan fingerprint density at radius 3 is 0.750 bits per heavy atom. The maximum atomic E-state index is 11.6. The van der Waals surface area contributed by atoms with Gasteiger partial charge in [0, 0.05) is 0 Å². The maximum Gasteiger partial charge on any atom is 0.730 e. The monoisotopic (exact) mass is 525 g/mol. The number of hydrogen-bond donors (Lipinski definition) is 0. The summed E-state index contributed by atoms with van der Waals surface area (Å²) in [6, 6.07) is -0.749. The van der Waals surface area contributed by atoms with Gasteiger partial charge < -0.3 is 0 Å². The van der Waals surface area contributed by atoms with Gasteiger partial charge in [0.1, 0.15) is 0 Å². The van der Waals surface area contributed by atoms with E-state index < -0.39 is 78.4 Å². The molecule has 0 fully saturated rings. The normalized spacial score (nSPS) is 11.7. The zero-order valence-electron chi connectivity index (χ0n) is 16.1. The van der Waals surface area contributed by atoms with Gasteiger partial charge in [-0.1, -0.05) is 6.07 Å². The van der Waals surface area contributed by atoms with E-state index in [0.29, 0.717) is 0 Å². The number of rotatable bonds is 12. The van der Waals surface area contributed by atoms with Crippen LogP contribution in [0.25, 0.3) is 0 Å². The minimum absolute atomic E-state index is 0.0603. The van der Waals surface area contributed by atoms with Crippen LogP contribution in [0.5, 0.6) is 0 Å². The highest BCUT2D eigenvalue weighted by Crippen LogP contribution is 2.44. The van der Waals surface area contributed by atoms with Gasteiger partial charge in [0.05, 0.1) is 0 Å². The molecule has 1 aromatic rings. The number of hydrogen-bond acceptors (Lipinski definition) is 18. The molecule has 0 saturated carbocycles.